The first-order valence-electron chi connectivity index (χ1n) is 7.05. The lowest BCUT2D eigenvalue weighted by atomic mass is 9.81. The van der Waals surface area contributed by atoms with Crippen LogP contribution in [0, 0.1) is 0 Å². The number of benzene rings is 1. The van der Waals surface area contributed by atoms with E-state index >= 15 is 0 Å². The molecule has 0 spiro atoms. The Morgan fingerprint density at radius 2 is 1.90 bits per heavy atom. The Balaban J connectivity index is 2.03. The highest BCUT2D eigenvalue weighted by Gasteiger charge is 2.23. The van der Waals surface area contributed by atoms with E-state index in [1.54, 1.807) is 6.92 Å². The molecule has 0 saturated heterocycles. The SMILES string of the molecule is COC(=O)c1ccc([C@@H]2CCC[C@H](NC(C)=O)C2)cc1. The minimum atomic E-state index is -0.309. The summed E-state index contributed by atoms with van der Waals surface area (Å²) in [6.45, 7) is 1.56. The van der Waals surface area contributed by atoms with Gasteiger partial charge < -0.3 is 10.1 Å². The maximum atomic E-state index is 11.4. The molecule has 1 aliphatic rings. The molecule has 108 valence electrons. The summed E-state index contributed by atoms with van der Waals surface area (Å²) in [5.74, 6) is 0.181. The fourth-order valence-electron chi connectivity index (χ4n) is 2.92. The summed E-state index contributed by atoms with van der Waals surface area (Å²) >= 11 is 0. The Kier molecular flexibility index (Phi) is 4.77. The van der Waals surface area contributed by atoms with Crippen molar-refractivity contribution in [1.82, 2.24) is 5.32 Å². The van der Waals surface area contributed by atoms with E-state index in [4.69, 9.17) is 4.74 Å². The van der Waals surface area contributed by atoms with E-state index in [0.29, 0.717) is 11.5 Å². The molecule has 1 aromatic carbocycles. The molecule has 0 unspecified atom stereocenters. The Labute approximate surface area is 119 Å². The molecule has 4 heteroatoms. The highest BCUT2D eigenvalue weighted by Crippen LogP contribution is 2.33. The van der Waals surface area contributed by atoms with Crippen molar-refractivity contribution in [2.75, 3.05) is 7.11 Å². The van der Waals surface area contributed by atoms with Crippen LogP contribution in [0.1, 0.15) is 54.4 Å². The van der Waals surface area contributed by atoms with Crippen LogP contribution in [0.4, 0.5) is 0 Å². The summed E-state index contributed by atoms with van der Waals surface area (Å²) in [5, 5.41) is 3.01. The van der Waals surface area contributed by atoms with Crippen LogP contribution in [0.3, 0.4) is 0 Å². The van der Waals surface area contributed by atoms with Gasteiger partial charge in [-0.3, -0.25) is 4.79 Å². The van der Waals surface area contributed by atoms with Gasteiger partial charge in [0, 0.05) is 13.0 Å². The second-order valence-electron chi connectivity index (χ2n) is 5.37. The number of amides is 1. The standard InChI is InChI=1S/C16H21NO3/c1-11(18)17-15-5-3-4-14(10-15)12-6-8-13(9-7-12)16(19)20-2/h6-9,14-15H,3-5,10H2,1-2H3,(H,17,18)/t14-,15+/m1/s1. The van der Waals surface area contributed by atoms with Crippen LogP contribution >= 0.6 is 0 Å². The number of ether oxygens (including phenoxy) is 1. The molecular formula is C16H21NO3. The van der Waals surface area contributed by atoms with Crippen molar-refractivity contribution in [3.05, 3.63) is 35.4 Å². The van der Waals surface area contributed by atoms with Crippen LogP contribution in [0.5, 0.6) is 0 Å². The van der Waals surface area contributed by atoms with E-state index in [9.17, 15) is 9.59 Å². The largest absolute Gasteiger partial charge is 0.465 e. The Morgan fingerprint density at radius 3 is 2.50 bits per heavy atom. The first-order valence-corrected chi connectivity index (χ1v) is 7.05. The van der Waals surface area contributed by atoms with E-state index in [1.165, 1.54) is 12.7 Å². The molecule has 0 aromatic heterocycles. The Morgan fingerprint density at radius 1 is 1.20 bits per heavy atom. The third kappa shape index (κ3) is 3.59. The van der Waals surface area contributed by atoms with Crippen molar-refractivity contribution >= 4 is 11.9 Å². The summed E-state index contributed by atoms with van der Waals surface area (Å²) in [6, 6.07) is 7.87. The molecule has 1 saturated carbocycles. The molecule has 1 fully saturated rings. The Hall–Kier alpha value is -1.84. The van der Waals surface area contributed by atoms with E-state index in [0.717, 1.165) is 25.7 Å². The summed E-state index contributed by atoms with van der Waals surface area (Å²) < 4.78 is 4.70. The maximum absolute atomic E-state index is 11.4. The van der Waals surface area contributed by atoms with Gasteiger partial charge >= 0.3 is 5.97 Å². The molecule has 1 N–H and O–H groups in total. The van der Waals surface area contributed by atoms with E-state index in [2.05, 4.69) is 5.32 Å². The van der Waals surface area contributed by atoms with Gasteiger partial charge in [0.1, 0.15) is 0 Å². The number of hydrogen-bond acceptors (Lipinski definition) is 3. The van der Waals surface area contributed by atoms with Crippen molar-refractivity contribution in [3.8, 4) is 0 Å². The zero-order valence-corrected chi connectivity index (χ0v) is 12.0. The summed E-state index contributed by atoms with van der Waals surface area (Å²) in [7, 11) is 1.38. The van der Waals surface area contributed by atoms with Crippen molar-refractivity contribution in [2.24, 2.45) is 0 Å². The predicted octanol–water partition coefficient (Wildman–Crippen LogP) is 2.64. The minimum absolute atomic E-state index is 0.0386. The third-order valence-corrected chi connectivity index (χ3v) is 3.88. The van der Waals surface area contributed by atoms with Crippen LogP contribution in [-0.4, -0.2) is 25.0 Å². The number of carbonyl (C=O) groups excluding carboxylic acids is 2. The highest BCUT2D eigenvalue weighted by molar-refractivity contribution is 5.89. The summed E-state index contributed by atoms with van der Waals surface area (Å²) in [4.78, 5) is 22.5. The molecule has 2 atom stereocenters. The topological polar surface area (TPSA) is 55.4 Å². The average Bonchev–Trinajstić information content (AvgIpc) is 2.46. The first-order chi connectivity index (χ1) is 9.60. The zero-order valence-electron chi connectivity index (χ0n) is 12.0. The van der Waals surface area contributed by atoms with Crippen LogP contribution < -0.4 is 5.32 Å². The second kappa shape index (κ2) is 6.55. The molecule has 2 rings (SSSR count). The van der Waals surface area contributed by atoms with Crippen LogP contribution in [0.2, 0.25) is 0 Å². The molecule has 0 radical (unpaired) electrons. The Bertz CT molecular complexity index is 481. The van der Waals surface area contributed by atoms with Crippen molar-refractivity contribution in [3.63, 3.8) is 0 Å². The molecule has 1 amide bonds. The number of esters is 1. The quantitative estimate of drug-likeness (QED) is 0.863. The van der Waals surface area contributed by atoms with Gasteiger partial charge in [-0.05, 0) is 42.9 Å². The molecule has 4 nitrogen and oxygen atoms in total. The van der Waals surface area contributed by atoms with Crippen LogP contribution in [0.25, 0.3) is 0 Å². The van der Waals surface area contributed by atoms with Crippen molar-refractivity contribution in [1.29, 1.82) is 0 Å². The van der Waals surface area contributed by atoms with Gasteiger partial charge in [0.25, 0.3) is 0 Å². The van der Waals surface area contributed by atoms with Gasteiger partial charge in [0.05, 0.1) is 12.7 Å². The van der Waals surface area contributed by atoms with Gasteiger partial charge in [0.2, 0.25) is 5.91 Å². The number of methoxy groups -OCH3 is 1. The van der Waals surface area contributed by atoms with Crippen molar-refractivity contribution < 1.29 is 14.3 Å². The van der Waals surface area contributed by atoms with Gasteiger partial charge in [-0.2, -0.15) is 0 Å². The molecule has 0 bridgehead atoms. The van der Waals surface area contributed by atoms with Crippen molar-refractivity contribution in [2.45, 2.75) is 44.6 Å². The van der Waals surface area contributed by atoms with E-state index in [-0.39, 0.29) is 17.9 Å². The summed E-state index contributed by atoms with van der Waals surface area (Å²) in [5.41, 5.74) is 1.80. The zero-order chi connectivity index (χ0) is 14.5. The van der Waals surface area contributed by atoms with Crippen LogP contribution in [0.15, 0.2) is 24.3 Å². The maximum Gasteiger partial charge on any atom is 0.337 e. The van der Waals surface area contributed by atoms with Crippen LogP contribution in [-0.2, 0) is 9.53 Å². The average molecular weight is 275 g/mol. The smallest absolute Gasteiger partial charge is 0.337 e. The molecule has 0 aliphatic heterocycles. The third-order valence-electron chi connectivity index (χ3n) is 3.88. The lowest BCUT2D eigenvalue weighted by Crippen LogP contribution is -2.36. The lowest BCUT2D eigenvalue weighted by molar-refractivity contribution is -0.119. The second-order valence-corrected chi connectivity index (χ2v) is 5.37. The molecule has 1 aliphatic carbocycles. The molecule has 0 heterocycles. The van der Waals surface area contributed by atoms with Gasteiger partial charge in [-0.1, -0.05) is 18.6 Å². The molecule has 1 aromatic rings. The normalized spacial score (nSPS) is 22.1. The lowest BCUT2D eigenvalue weighted by Gasteiger charge is -2.29. The first kappa shape index (κ1) is 14.6. The summed E-state index contributed by atoms with van der Waals surface area (Å²) in [6.07, 6.45) is 4.27. The van der Waals surface area contributed by atoms with E-state index < -0.39 is 0 Å². The molecule has 20 heavy (non-hydrogen) atoms. The van der Waals surface area contributed by atoms with E-state index in [1.807, 2.05) is 24.3 Å². The highest BCUT2D eigenvalue weighted by atomic mass is 16.5. The molecular weight excluding hydrogens is 254 g/mol. The van der Waals surface area contributed by atoms with Gasteiger partial charge in [-0.15, -0.1) is 0 Å². The number of nitrogens with one attached hydrogen (secondary N) is 1. The predicted molar refractivity (Wildman–Crippen MR) is 76.6 cm³/mol. The monoisotopic (exact) mass is 275 g/mol. The van der Waals surface area contributed by atoms with Gasteiger partial charge in [-0.25, -0.2) is 4.79 Å². The fourth-order valence-corrected chi connectivity index (χ4v) is 2.92. The fraction of sp³-hybridized carbons (Fsp3) is 0.500. The van der Waals surface area contributed by atoms with Gasteiger partial charge in [0.15, 0.2) is 0 Å². The number of hydrogen-bond donors (Lipinski definition) is 1. The number of rotatable bonds is 3. The minimum Gasteiger partial charge on any atom is -0.465 e. The number of carbonyl (C=O) groups is 2.